The van der Waals surface area contributed by atoms with Gasteiger partial charge in [-0.25, -0.2) is 0 Å². The zero-order valence-corrected chi connectivity index (χ0v) is 13.2. The minimum absolute atomic E-state index is 0. The van der Waals surface area contributed by atoms with E-state index in [4.69, 9.17) is 5.11 Å². The van der Waals surface area contributed by atoms with Gasteiger partial charge >= 0.3 is 29.6 Å². The summed E-state index contributed by atoms with van der Waals surface area (Å²) in [6.07, 6.45) is 3.35. The van der Waals surface area contributed by atoms with Gasteiger partial charge < -0.3 is 10.2 Å². The largest absolute Gasteiger partial charge is 1.00 e. The number of hydrogen-bond donors (Lipinski definition) is 1. The summed E-state index contributed by atoms with van der Waals surface area (Å²) < 4.78 is 0. The molecule has 0 bridgehead atoms. The Morgan fingerprint density at radius 3 is 2.25 bits per heavy atom. The van der Waals surface area contributed by atoms with Crippen LogP contribution in [0.5, 0.6) is 0 Å². The van der Waals surface area contributed by atoms with Crippen molar-refractivity contribution in [2.45, 2.75) is 31.0 Å². The summed E-state index contributed by atoms with van der Waals surface area (Å²) in [7, 11) is 0.750. The van der Waals surface area contributed by atoms with Crippen molar-refractivity contribution in [3.63, 3.8) is 0 Å². The van der Waals surface area contributed by atoms with Gasteiger partial charge in [-0.15, -0.1) is 0 Å². The third-order valence-corrected chi connectivity index (χ3v) is 3.36. The predicted molar refractivity (Wildman–Crippen MR) is 62.6 cm³/mol. The summed E-state index contributed by atoms with van der Waals surface area (Å²) in [4.78, 5) is 3.95. The second-order valence-corrected chi connectivity index (χ2v) is 4.48. The van der Waals surface area contributed by atoms with Crippen LogP contribution in [0.15, 0.2) is 24.5 Å². The minimum Gasteiger partial charge on any atom is -0.857 e. The maximum atomic E-state index is 9.27. The van der Waals surface area contributed by atoms with Gasteiger partial charge in [0.25, 0.3) is 0 Å². The van der Waals surface area contributed by atoms with E-state index < -0.39 is 0 Å². The molecule has 0 amide bonds. The van der Waals surface area contributed by atoms with Crippen LogP contribution in [-0.4, -0.2) is 28.6 Å². The van der Waals surface area contributed by atoms with Gasteiger partial charge in [0, 0.05) is 23.4 Å². The van der Waals surface area contributed by atoms with Crippen LogP contribution in [0.25, 0.3) is 0 Å². The van der Waals surface area contributed by atoms with Gasteiger partial charge in [0.05, 0.1) is 6.10 Å². The fourth-order valence-corrected chi connectivity index (χ4v) is 1.77. The summed E-state index contributed by atoms with van der Waals surface area (Å²) in [5, 5.41) is 17.8. The molecule has 0 aliphatic rings. The molecule has 1 aromatic rings. The average molecular weight is 251 g/mol. The van der Waals surface area contributed by atoms with E-state index in [0.717, 1.165) is 12.9 Å². The first kappa shape index (κ1) is 18.8. The fraction of sp³-hybridized carbons (Fsp3) is 0.545. The van der Waals surface area contributed by atoms with E-state index in [-0.39, 0.29) is 40.9 Å². The molecule has 0 aromatic carbocycles. The summed E-state index contributed by atoms with van der Waals surface area (Å²) in [6, 6.07) is 4.00. The van der Waals surface area contributed by atoms with Gasteiger partial charge in [0.1, 0.15) is 0 Å². The molecule has 1 aromatic heterocycles. The van der Waals surface area contributed by atoms with Gasteiger partial charge in [-0.1, -0.05) is 6.92 Å². The molecule has 0 spiro atoms. The Hall–Kier alpha value is 0.420. The van der Waals surface area contributed by atoms with E-state index in [1.807, 2.05) is 26.0 Å². The zero-order valence-electron chi connectivity index (χ0n) is 10.4. The van der Waals surface area contributed by atoms with E-state index in [1.54, 1.807) is 24.2 Å². The van der Waals surface area contributed by atoms with Crippen molar-refractivity contribution in [1.29, 1.82) is 0 Å². The number of hydrogen-bond acceptors (Lipinski definition) is 4. The number of aromatic nitrogens is 1. The molecule has 2 unspecified atom stereocenters. The third-order valence-electron chi connectivity index (χ3n) is 1.94. The Balaban J connectivity index is 0. The van der Waals surface area contributed by atoms with E-state index in [2.05, 4.69) is 4.98 Å². The van der Waals surface area contributed by atoms with Crippen LogP contribution in [0.3, 0.4) is 0 Å². The number of pyridine rings is 1. The molecule has 0 saturated carbocycles. The summed E-state index contributed by atoms with van der Waals surface area (Å²) in [5.41, 5.74) is 1.26. The van der Waals surface area contributed by atoms with Crippen molar-refractivity contribution >= 4 is 11.8 Å². The third kappa shape index (κ3) is 8.56. The first-order valence-corrected chi connectivity index (χ1v) is 5.84. The number of aliphatic hydroxyl groups excluding tert-OH is 1. The SMILES string of the molecule is CC(O)C(C)SCc1ccncc1.C[O-].[Na+]. The standard InChI is InChI=1S/C10H15NOS.CH3O.Na/c1-8(12)9(2)13-7-10-3-5-11-6-4-10;1-2;/h3-6,8-9,12H,7H2,1-2H3;1H3;/q;-1;+1. The summed E-state index contributed by atoms with van der Waals surface area (Å²) >= 11 is 1.76. The monoisotopic (exact) mass is 251 g/mol. The fourth-order valence-electron chi connectivity index (χ4n) is 0.846. The van der Waals surface area contributed by atoms with Gasteiger partial charge in [-0.2, -0.15) is 18.9 Å². The Kier molecular flexibility index (Phi) is 14.0. The molecule has 1 N–H and O–H groups in total. The van der Waals surface area contributed by atoms with Crippen molar-refractivity contribution in [2.75, 3.05) is 7.11 Å². The number of aliphatic hydroxyl groups is 1. The van der Waals surface area contributed by atoms with E-state index >= 15 is 0 Å². The van der Waals surface area contributed by atoms with Crippen molar-refractivity contribution < 1.29 is 39.8 Å². The molecule has 86 valence electrons. The van der Waals surface area contributed by atoms with E-state index in [9.17, 15) is 5.11 Å². The van der Waals surface area contributed by atoms with Crippen LogP contribution < -0.4 is 34.7 Å². The molecule has 0 aliphatic carbocycles. The summed E-state index contributed by atoms with van der Waals surface area (Å²) in [6.45, 7) is 3.86. The molecule has 1 heterocycles. The summed E-state index contributed by atoms with van der Waals surface area (Å²) in [5.74, 6) is 0.939. The van der Waals surface area contributed by atoms with Gasteiger partial charge in [0.2, 0.25) is 0 Å². The van der Waals surface area contributed by atoms with Crippen molar-refractivity contribution in [3.8, 4) is 0 Å². The van der Waals surface area contributed by atoms with Crippen LogP contribution in [0.2, 0.25) is 0 Å². The number of rotatable bonds is 4. The molecule has 0 aliphatic heterocycles. The smallest absolute Gasteiger partial charge is 0.857 e. The van der Waals surface area contributed by atoms with Crippen molar-refractivity contribution in [3.05, 3.63) is 30.1 Å². The zero-order chi connectivity index (χ0) is 11.7. The molecule has 0 saturated heterocycles. The number of nitrogens with zero attached hydrogens (tertiary/aromatic N) is 1. The predicted octanol–water partition coefficient (Wildman–Crippen LogP) is -1.94. The first-order valence-electron chi connectivity index (χ1n) is 4.79. The van der Waals surface area contributed by atoms with Crippen molar-refractivity contribution in [1.82, 2.24) is 4.98 Å². The first-order chi connectivity index (χ1) is 7.20. The average Bonchev–Trinajstić information content (AvgIpc) is 2.30. The van der Waals surface area contributed by atoms with Crippen LogP contribution in [0.4, 0.5) is 0 Å². The molecule has 0 radical (unpaired) electrons. The second-order valence-electron chi connectivity index (χ2n) is 3.11. The van der Waals surface area contributed by atoms with Crippen LogP contribution in [-0.2, 0) is 5.75 Å². The second kappa shape index (κ2) is 11.9. The quantitative estimate of drug-likeness (QED) is 0.633. The van der Waals surface area contributed by atoms with Crippen LogP contribution >= 0.6 is 11.8 Å². The Bertz CT molecular complexity index is 247. The Morgan fingerprint density at radius 2 is 1.81 bits per heavy atom. The molecular weight excluding hydrogens is 233 g/mol. The van der Waals surface area contributed by atoms with Gasteiger partial charge in [-0.05, 0) is 24.6 Å². The number of thioether (sulfide) groups is 1. The molecule has 16 heavy (non-hydrogen) atoms. The molecule has 0 fully saturated rings. The molecule has 2 atom stereocenters. The Morgan fingerprint density at radius 1 is 1.31 bits per heavy atom. The maximum Gasteiger partial charge on any atom is 1.00 e. The molecular formula is C11H18NNaO2S. The minimum atomic E-state index is -0.244. The Labute approximate surface area is 124 Å². The van der Waals surface area contributed by atoms with Crippen molar-refractivity contribution in [2.24, 2.45) is 0 Å². The normalized spacial score (nSPS) is 12.8. The van der Waals surface area contributed by atoms with E-state index in [1.165, 1.54) is 5.56 Å². The van der Waals surface area contributed by atoms with Crippen LogP contribution in [0.1, 0.15) is 19.4 Å². The molecule has 5 heteroatoms. The topological polar surface area (TPSA) is 56.2 Å². The van der Waals surface area contributed by atoms with Gasteiger partial charge in [0.15, 0.2) is 0 Å². The molecule has 1 rings (SSSR count). The molecule has 3 nitrogen and oxygen atoms in total. The van der Waals surface area contributed by atoms with Gasteiger partial charge in [-0.3, -0.25) is 4.98 Å². The maximum absolute atomic E-state index is 9.27. The van der Waals surface area contributed by atoms with E-state index in [0.29, 0.717) is 0 Å². The van der Waals surface area contributed by atoms with Crippen LogP contribution in [0, 0.1) is 0 Å².